The van der Waals surface area contributed by atoms with Gasteiger partial charge in [0.2, 0.25) is 0 Å². The van der Waals surface area contributed by atoms with Gasteiger partial charge < -0.3 is 21.2 Å². The van der Waals surface area contributed by atoms with Crippen LogP contribution in [0, 0.1) is 5.41 Å². The molecule has 1 atom stereocenters. The van der Waals surface area contributed by atoms with Gasteiger partial charge in [-0.25, -0.2) is 0 Å². The van der Waals surface area contributed by atoms with Crippen LogP contribution in [0.15, 0.2) is 18.2 Å². The summed E-state index contributed by atoms with van der Waals surface area (Å²) in [6, 6.07) is 6.33. The highest BCUT2D eigenvalue weighted by atomic mass is 16.2. The van der Waals surface area contributed by atoms with Crippen LogP contribution >= 0.6 is 0 Å². The van der Waals surface area contributed by atoms with Crippen molar-refractivity contribution in [1.82, 2.24) is 4.98 Å². The fourth-order valence-electron chi connectivity index (χ4n) is 2.41. The lowest BCUT2D eigenvalue weighted by Gasteiger charge is -2.00. The normalized spacial score (nSPS) is 17.5. The Morgan fingerprint density at radius 2 is 2.18 bits per heavy atom. The predicted octanol–water partition coefficient (Wildman–Crippen LogP) is 1.20. The SMILES string of the molecule is CO.N=Cc1ccc2[nH]c3c(c2c1)CC(N)C3. The summed E-state index contributed by atoms with van der Waals surface area (Å²) in [6.45, 7) is 0. The first-order valence-corrected chi connectivity index (χ1v) is 5.62. The molecule has 1 heterocycles. The van der Waals surface area contributed by atoms with E-state index in [0.717, 1.165) is 31.0 Å². The summed E-state index contributed by atoms with van der Waals surface area (Å²) < 4.78 is 0. The maximum Gasteiger partial charge on any atom is 0.0459 e. The molecule has 1 aromatic carbocycles. The molecule has 4 heteroatoms. The van der Waals surface area contributed by atoms with Crippen molar-refractivity contribution in [2.75, 3.05) is 7.11 Å². The number of benzene rings is 1. The number of H-pyrrole nitrogens is 1. The van der Waals surface area contributed by atoms with Crippen molar-refractivity contribution >= 4 is 17.1 Å². The van der Waals surface area contributed by atoms with Gasteiger partial charge in [-0.3, -0.25) is 0 Å². The number of aromatic nitrogens is 1. The average Bonchev–Trinajstić information content (AvgIpc) is 2.87. The van der Waals surface area contributed by atoms with Gasteiger partial charge in [0.25, 0.3) is 0 Å². The van der Waals surface area contributed by atoms with E-state index < -0.39 is 0 Å². The third-order valence-electron chi connectivity index (χ3n) is 3.12. The molecule has 0 saturated carbocycles. The van der Waals surface area contributed by atoms with Crippen molar-refractivity contribution in [3.05, 3.63) is 35.0 Å². The molecule has 4 nitrogen and oxygen atoms in total. The molecule has 5 N–H and O–H groups in total. The van der Waals surface area contributed by atoms with E-state index in [2.05, 4.69) is 11.1 Å². The van der Waals surface area contributed by atoms with Gasteiger partial charge in [-0.1, -0.05) is 6.07 Å². The molecule has 0 spiro atoms. The largest absolute Gasteiger partial charge is 0.400 e. The molecule has 90 valence electrons. The highest BCUT2D eigenvalue weighted by Gasteiger charge is 2.22. The zero-order valence-corrected chi connectivity index (χ0v) is 9.83. The number of hydrogen-bond donors (Lipinski definition) is 4. The Balaban J connectivity index is 0.000000514. The van der Waals surface area contributed by atoms with Crippen molar-refractivity contribution in [3.8, 4) is 0 Å². The number of aliphatic hydroxyl groups is 1. The molecule has 1 aliphatic rings. The molecular formula is C13H17N3O. The molecule has 1 unspecified atom stereocenters. The second-order valence-electron chi connectivity index (χ2n) is 4.20. The van der Waals surface area contributed by atoms with E-state index in [9.17, 15) is 0 Å². The number of nitrogens with one attached hydrogen (secondary N) is 2. The van der Waals surface area contributed by atoms with Crippen molar-refractivity contribution in [1.29, 1.82) is 5.41 Å². The predicted molar refractivity (Wildman–Crippen MR) is 69.7 cm³/mol. The van der Waals surface area contributed by atoms with Crippen LogP contribution in [-0.4, -0.2) is 29.5 Å². The van der Waals surface area contributed by atoms with Crippen molar-refractivity contribution < 1.29 is 5.11 Å². The van der Waals surface area contributed by atoms with E-state index in [1.165, 1.54) is 22.9 Å². The van der Waals surface area contributed by atoms with Crippen molar-refractivity contribution in [3.63, 3.8) is 0 Å². The Kier molecular flexibility index (Phi) is 3.26. The van der Waals surface area contributed by atoms with Crippen molar-refractivity contribution in [2.24, 2.45) is 5.73 Å². The Morgan fingerprint density at radius 3 is 2.88 bits per heavy atom. The summed E-state index contributed by atoms with van der Waals surface area (Å²) in [6.07, 6.45) is 3.29. The van der Waals surface area contributed by atoms with Gasteiger partial charge >= 0.3 is 0 Å². The molecule has 0 fully saturated rings. The number of fused-ring (bicyclic) bond motifs is 3. The molecule has 3 rings (SSSR count). The summed E-state index contributed by atoms with van der Waals surface area (Å²) in [5, 5.41) is 15.5. The molecule has 2 aromatic rings. The van der Waals surface area contributed by atoms with Crippen molar-refractivity contribution in [2.45, 2.75) is 18.9 Å². The van der Waals surface area contributed by atoms with E-state index in [1.807, 2.05) is 12.1 Å². The lowest BCUT2D eigenvalue weighted by molar-refractivity contribution is 0.399. The minimum atomic E-state index is 0.263. The smallest absolute Gasteiger partial charge is 0.0459 e. The summed E-state index contributed by atoms with van der Waals surface area (Å²) in [4.78, 5) is 3.40. The fourth-order valence-corrected chi connectivity index (χ4v) is 2.41. The van der Waals surface area contributed by atoms with Crippen LogP contribution in [-0.2, 0) is 12.8 Å². The first-order valence-electron chi connectivity index (χ1n) is 5.62. The van der Waals surface area contributed by atoms with Gasteiger partial charge in [-0.05, 0) is 29.7 Å². The summed E-state index contributed by atoms with van der Waals surface area (Å²) >= 11 is 0. The Labute approximate surface area is 100.0 Å². The molecule has 0 bridgehead atoms. The second kappa shape index (κ2) is 4.69. The fraction of sp³-hybridized carbons (Fsp3) is 0.308. The van der Waals surface area contributed by atoms with Crippen LogP contribution in [0.4, 0.5) is 0 Å². The minimum Gasteiger partial charge on any atom is -0.400 e. The van der Waals surface area contributed by atoms with Crippen LogP contribution in [0.1, 0.15) is 16.8 Å². The molecule has 1 aromatic heterocycles. The van der Waals surface area contributed by atoms with E-state index >= 15 is 0 Å². The van der Waals surface area contributed by atoms with Gasteiger partial charge in [-0.2, -0.15) is 0 Å². The summed E-state index contributed by atoms with van der Waals surface area (Å²) in [5.74, 6) is 0. The standard InChI is InChI=1S/C12H13N3.CH4O/c13-6-7-1-2-11-9(3-7)10-4-8(14)5-12(10)15-11;1-2/h1-3,6,8,13,15H,4-5,14H2;2H,1H3. The Bertz CT molecular complexity index is 545. The maximum atomic E-state index is 7.25. The number of aliphatic hydroxyl groups excluding tert-OH is 1. The number of aromatic amines is 1. The number of nitrogens with two attached hydrogens (primary N) is 1. The van der Waals surface area contributed by atoms with Crippen LogP contribution < -0.4 is 5.73 Å². The first-order chi connectivity index (χ1) is 8.28. The molecule has 17 heavy (non-hydrogen) atoms. The third kappa shape index (κ3) is 1.97. The van der Waals surface area contributed by atoms with Gasteiger partial charge in [0.1, 0.15) is 0 Å². The quantitative estimate of drug-likeness (QED) is 0.556. The highest BCUT2D eigenvalue weighted by Crippen LogP contribution is 2.29. The average molecular weight is 231 g/mol. The summed E-state index contributed by atoms with van der Waals surface area (Å²) in [7, 11) is 1.00. The number of hydrogen-bond acceptors (Lipinski definition) is 3. The van der Waals surface area contributed by atoms with Crippen LogP contribution in [0.25, 0.3) is 10.9 Å². The van der Waals surface area contributed by atoms with Gasteiger partial charge in [0.05, 0.1) is 0 Å². The van der Waals surface area contributed by atoms with E-state index in [0.29, 0.717) is 0 Å². The van der Waals surface area contributed by atoms with Crippen LogP contribution in [0.2, 0.25) is 0 Å². The first kappa shape index (κ1) is 11.8. The maximum absolute atomic E-state index is 7.25. The molecule has 0 saturated heterocycles. The lowest BCUT2D eigenvalue weighted by Crippen LogP contribution is -2.19. The second-order valence-corrected chi connectivity index (χ2v) is 4.20. The molecule has 0 amide bonds. The number of rotatable bonds is 1. The molecule has 0 radical (unpaired) electrons. The summed E-state index contributed by atoms with van der Waals surface area (Å²) in [5.41, 5.74) is 10.7. The zero-order valence-electron chi connectivity index (χ0n) is 9.83. The Hall–Kier alpha value is -1.65. The van der Waals surface area contributed by atoms with E-state index in [4.69, 9.17) is 16.2 Å². The van der Waals surface area contributed by atoms with Gasteiger partial charge in [0.15, 0.2) is 0 Å². The van der Waals surface area contributed by atoms with Gasteiger partial charge in [-0.15, -0.1) is 0 Å². The zero-order chi connectivity index (χ0) is 12.4. The molecule has 0 aliphatic heterocycles. The lowest BCUT2D eigenvalue weighted by atomic mass is 10.1. The van der Waals surface area contributed by atoms with Crippen LogP contribution in [0.5, 0.6) is 0 Å². The van der Waals surface area contributed by atoms with Crippen LogP contribution in [0.3, 0.4) is 0 Å². The third-order valence-corrected chi connectivity index (χ3v) is 3.12. The monoisotopic (exact) mass is 231 g/mol. The van der Waals surface area contributed by atoms with Gasteiger partial charge in [0, 0.05) is 42.4 Å². The van der Waals surface area contributed by atoms with E-state index in [-0.39, 0.29) is 6.04 Å². The van der Waals surface area contributed by atoms with E-state index in [1.54, 1.807) is 0 Å². The topological polar surface area (TPSA) is 85.9 Å². The molecule has 1 aliphatic carbocycles. The molecular weight excluding hydrogens is 214 g/mol. The minimum absolute atomic E-state index is 0.263. The highest BCUT2D eigenvalue weighted by molar-refractivity contribution is 5.91. The Morgan fingerprint density at radius 1 is 1.41 bits per heavy atom.